The molecule has 1 amide bonds. The van der Waals surface area contributed by atoms with E-state index >= 15 is 0 Å². The van der Waals surface area contributed by atoms with E-state index in [2.05, 4.69) is 4.90 Å². The van der Waals surface area contributed by atoms with E-state index in [0.29, 0.717) is 11.3 Å². The molecular formula is C14H21N3O3S. The summed E-state index contributed by atoms with van der Waals surface area (Å²) in [5, 5.41) is 0. The molecule has 1 aliphatic rings. The first-order valence-corrected chi connectivity index (χ1v) is 8.65. The number of rotatable bonds is 3. The van der Waals surface area contributed by atoms with Crippen molar-refractivity contribution in [2.45, 2.75) is 0 Å². The van der Waals surface area contributed by atoms with Crippen LogP contribution in [0.5, 0.6) is 0 Å². The van der Waals surface area contributed by atoms with Crippen LogP contribution in [0.4, 0.5) is 5.69 Å². The predicted molar refractivity (Wildman–Crippen MR) is 83.1 cm³/mol. The Morgan fingerprint density at radius 1 is 1.10 bits per heavy atom. The molecule has 1 fully saturated rings. The Balaban J connectivity index is 2.10. The number of anilines is 1. The Morgan fingerprint density at radius 3 is 2.10 bits per heavy atom. The van der Waals surface area contributed by atoms with E-state index in [4.69, 9.17) is 0 Å². The number of carbonyl (C=O) groups is 1. The number of nitrogens with zero attached hydrogens (tertiary/aromatic N) is 3. The molecule has 2 rings (SSSR count). The molecule has 0 radical (unpaired) electrons. The van der Waals surface area contributed by atoms with Crippen LogP contribution in [0.15, 0.2) is 24.3 Å². The third-order valence-corrected chi connectivity index (χ3v) is 4.97. The van der Waals surface area contributed by atoms with Gasteiger partial charge in [-0.05, 0) is 31.3 Å². The smallest absolute Gasteiger partial charge is 0.253 e. The van der Waals surface area contributed by atoms with Gasteiger partial charge >= 0.3 is 0 Å². The average Bonchev–Trinajstić information content (AvgIpc) is 2.46. The molecule has 7 heteroatoms. The van der Waals surface area contributed by atoms with Gasteiger partial charge in [-0.25, -0.2) is 8.42 Å². The molecule has 0 unspecified atom stereocenters. The molecule has 1 aromatic carbocycles. The lowest BCUT2D eigenvalue weighted by Crippen LogP contribution is -2.47. The molecule has 1 saturated heterocycles. The van der Waals surface area contributed by atoms with E-state index in [1.54, 1.807) is 24.3 Å². The highest BCUT2D eigenvalue weighted by Gasteiger charge is 2.20. The van der Waals surface area contributed by atoms with E-state index in [-0.39, 0.29) is 5.91 Å². The fourth-order valence-electron chi connectivity index (χ4n) is 2.20. The molecule has 0 bridgehead atoms. The summed E-state index contributed by atoms with van der Waals surface area (Å²) >= 11 is 0. The number of piperazine rings is 1. The van der Waals surface area contributed by atoms with Crippen LogP contribution in [-0.2, 0) is 10.0 Å². The topological polar surface area (TPSA) is 60.9 Å². The fourth-order valence-corrected chi connectivity index (χ4v) is 2.70. The van der Waals surface area contributed by atoms with Crippen molar-refractivity contribution in [2.24, 2.45) is 0 Å². The molecule has 0 N–H and O–H groups in total. The summed E-state index contributed by atoms with van der Waals surface area (Å²) in [6.07, 6.45) is 1.15. The van der Waals surface area contributed by atoms with Crippen molar-refractivity contribution in [2.75, 3.05) is 50.8 Å². The lowest BCUT2D eigenvalue weighted by atomic mass is 10.1. The number of hydrogen-bond donors (Lipinski definition) is 0. The molecule has 6 nitrogen and oxygen atoms in total. The van der Waals surface area contributed by atoms with Crippen LogP contribution >= 0.6 is 0 Å². The van der Waals surface area contributed by atoms with Crippen LogP contribution in [0.3, 0.4) is 0 Å². The first-order valence-electron chi connectivity index (χ1n) is 6.81. The van der Waals surface area contributed by atoms with Gasteiger partial charge in [-0.1, -0.05) is 0 Å². The normalized spacial score (nSPS) is 16.8. The van der Waals surface area contributed by atoms with E-state index in [9.17, 15) is 13.2 Å². The molecule has 0 saturated carbocycles. The summed E-state index contributed by atoms with van der Waals surface area (Å²) in [5.74, 6) is -0.00309. The Kier molecular flexibility index (Phi) is 4.53. The summed E-state index contributed by atoms with van der Waals surface area (Å²) in [6.45, 7) is 3.20. The second kappa shape index (κ2) is 6.03. The molecule has 0 aromatic heterocycles. The molecule has 21 heavy (non-hydrogen) atoms. The Labute approximate surface area is 126 Å². The second-order valence-electron chi connectivity index (χ2n) is 5.37. The quantitative estimate of drug-likeness (QED) is 0.814. The Morgan fingerprint density at radius 2 is 1.62 bits per heavy atom. The van der Waals surface area contributed by atoms with Crippen LogP contribution in [0, 0.1) is 0 Å². The minimum absolute atomic E-state index is 0.00309. The third kappa shape index (κ3) is 3.74. The van der Waals surface area contributed by atoms with Gasteiger partial charge in [-0.2, -0.15) is 0 Å². The number of likely N-dealkylation sites (N-methyl/N-ethyl adjacent to an activating group) is 1. The van der Waals surface area contributed by atoms with E-state index in [1.165, 1.54) is 11.4 Å². The van der Waals surface area contributed by atoms with Gasteiger partial charge in [0.1, 0.15) is 0 Å². The van der Waals surface area contributed by atoms with Crippen molar-refractivity contribution in [3.05, 3.63) is 29.8 Å². The Hall–Kier alpha value is -1.60. The van der Waals surface area contributed by atoms with Crippen molar-refractivity contribution in [3.63, 3.8) is 0 Å². The molecule has 1 heterocycles. The average molecular weight is 311 g/mol. The van der Waals surface area contributed by atoms with Crippen molar-refractivity contribution in [1.29, 1.82) is 0 Å². The SMILES string of the molecule is CN1CCN(C(=O)c2ccc(N(C)S(C)(=O)=O)cc2)CC1. The van der Waals surface area contributed by atoms with Gasteiger partial charge in [0.25, 0.3) is 5.91 Å². The van der Waals surface area contributed by atoms with Crippen LogP contribution < -0.4 is 4.31 Å². The maximum absolute atomic E-state index is 12.4. The van der Waals surface area contributed by atoms with Gasteiger partial charge in [-0.15, -0.1) is 0 Å². The highest BCUT2D eigenvalue weighted by molar-refractivity contribution is 7.92. The molecule has 0 atom stereocenters. The largest absolute Gasteiger partial charge is 0.336 e. The summed E-state index contributed by atoms with van der Waals surface area (Å²) in [7, 11) is 0.249. The van der Waals surface area contributed by atoms with Gasteiger partial charge in [0.15, 0.2) is 0 Å². The standard InChI is InChI=1S/C14H21N3O3S/c1-15-8-10-17(11-9-15)14(18)12-4-6-13(7-5-12)16(2)21(3,19)20/h4-7H,8-11H2,1-3H3. The maximum atomic E-state index is 12.4. The number of hydrogen-bond acceptors (Lipinski definition) is 4. The van der Waals surface area contributed by atoms with Gasteiger partial charge in [0, 0.05) is 38.8 Å². The molecule has 116 valence electrons. The first kappa shape index (κ1) is 15.8. The van der Waals surface area contributed by atoms with Crippen molar-refractivity contribution < 1.29 is 13.2 Å². The first-order chi connectivity index (χ1) is 9.79. The number of carbonyl (C=O) groups excluding carboxylic acids is 1. The molecule has 0 aliphatic carbocycles. The van der Waals surface area contributed by atoms with Crippen molar-refractivity contribution in [1.82, 2.24) is 9.80 Å². The summed E-state index contributed by atoms with van der Waals surface area (Å²) in [6, 6.07) is 6.67. The van der Waals surface area contributed by atoms with Gasteiger partial charge in [0.2, 0.25) is 10.0 Å². The number of amides is 1. The second-order valence-corrected chi connectivity index (χ2v) is 7.39. The van der Waals surface area contributed by atoms with E-state index < -0.39 is 10.0 Å². The van der Waals surface area contributed by atoms with Gasteiger partial charge in [-0.3, -0.25) is 9.10 Å². The lowest BCUT2D eigenvalue weighted by Gasteiger charge is -2.32. The minimum Gasteiger partial charge on any atom is -0.336 e. The van der Waals surface area contributed by atoms with Crippen molar-refractivity contribution >= 4 is 21.6 Å². The molecule has 1 aliphatic heterocycles. The highest BCUT2D eigenvalue weighted by atomic mass is 32.2. The van der Waals surface area contributed by atoms with Gasteiger partial charge in [0.05, 0.1) is 11.9 Å². The monoisotopic (exact) mass is 311 g/mol. The minimum atomic E-state index is -3.28. The molecular weight excluding hydrogens is 290 g/mol. The molecule has 1 aromatic rings. The zero-order valence-corrected chi connectivity index (χ0v) is 13.4. The van der Waals surface area contributed by atoms with E-state index in [0.717, 1.165) is 32.4 Å². The van der Waals surface area contributed by atoms with E-state index in [1.807, 2.05) is 11.9 Å². The third-order valence-electron chi connectivity index (χ3n) is 3.77. The summed E-state index contributed by atoms with van der Waals surface area (Å²) in [5.41, 5.74) is 1.14. The maximum Gasteiger partial charge on any atom is 0.253 e. The number of sulfonamides is 1. The molecule has 0 spiro atoms. The van der Waals surface area contributed by atoms with Crippen LogP contribution in [0.2, 0.25) is 0 Å². The van der Waals surface area contributed by atoms with Crippen molar-refractivity contribution in [3.8, 4) is 0 Å². The number of benzene rings is 1. The van der Waals surface area contributed by atoms with Crippen LogP contribution in [-0.4, -0.2) is 70.7 Å². The van der Waals surface area contributed by atoms with Crippen LogP contribution in [0.1, 0.15) is 10.4 Å². The van der Waals surface area contributed by atoms with Crippen LogP contribution in [0.25, 0.3) is 0 Å². The zero-order chi connectivity index (χ0) is 15.6. The summed E-state index contributed by atoms with van der Waals surface area (Å²) < 4.78 is 24.1. The fraction of sp³-hybridized carbons (Fsp3) is 0.500. The van der Waals surface area contributed by atoms with Gasteiger partial charge < -0.3 is 9.80 Å². The highest BCUT2D eigenvalue weighted by Crippen LogP contribution is 2.17. The lowest BCUT2D eigenvalue weighted by molar-refractivity contribution is 0.0664. The summed E-state index contributed by atoms with van der Waals surface area (Å²) in [4.78, 5) is 16.4. The Bertz CT molecular complexity index is 605. The predicted octanol–water partition coefficient (Wildman–Crippen LogP) is 0.470. The zero-order valence-electron chi connectivity index (χ0n) is 12.6.